The minimum Gasteiger partial charge on any atom is -0.491 e. The number of carboxylic acids is 1. The number of aliphatic carboxylic acids is 1. The van der Waals surface area contributed by atoms with E-state index < -0.39 is 30.4 Å². The third kappa shape index (κ3) is 3.62. The highest BCUT2D eigenvalue weighted by Crippen LogP contribution is 2.31. The van der Waals surface area contributed by atoms with Crippen LogP contribution >= 0.6 is 0 Å². The zero-order valence-corrected chi connectivity index (χ0v) is 11.0. The summed E-state index contributed by atoms with van der Waals surface area (Å²) in [6, 6.07) is 4.79. The molecular weight excluding hydrogens is 278 g/mol. The fraction of sp³-hybridized carbons (Fsp3) is 0.308. The summed E-state index contributed by atoms with van der Waals surface area (Å²) in [6.07, 6.45) is -0.472. The van der Waals surface area contributed by atoms with E-state index in [2.05, 4.69) is 10.6 Å². The van der Waals surface area contributed by atoms with Crippen LogP contribution in [0.4, 0.5) is 4.79 Å². The highest BCUT2D eigenvalue weighted by molar-refractivity contribution is 5.87. The summed E-state index contributed by atoms with van der Waals surface area (Å²) < 4.78 is 5.40. The summed E-state index contributed by atoms with van der Waals surface area (Å²) in [5, 5.41) is 13.7. The van der Waals surface area contributed by atoms with Crippen LogP contribution in [0.3, 0.4) is 0 Å². The number of carbonyl (C=O) groups is 3. The van der Waals surface area contributed by atoms with E-state index in [1.165, 1.54) is 0 Å². The van der Waals surface area contributed by atoms with Crippen LogP contribution in [-0.4, -0.2) is 35.7 Å². The Morgan fingerprint density at radius 2 is 2.10 bits per heavy atom. The van der Waals surface area contributed by atoms with Gasteiger partial charge in [0.15, 0.2) is 0 Å². The van der Waals surface area contributed by atoms with E-state index in [-0.39, 0.29) is 12.6 Å². The summed E-state index contributed by atoms with van der Waals surface area (Å²) >= 11 is 0. The van der Waals surface area contributed by atoms with Crippen LogP contribution < -0.4 is 21.1 Å². The molecule has 3 amide bonds. The summed E-state index contributed by atoms with van der Waals surface area (Å²) in [4.78, 5) is 33.5. The number of ether oxygens (including phenoxy) is 1. The largest absolute Gasteiger partial charge is 0.491 e. The van der Waals surface area contributed by atoms with Crippen molar-refractivity contribution in [3.8, 4) is 5.75 Å². The molecule has 0 saturated heterocycles. The van der Waals surface area contributed by atoms with Crippen molar-refractivity contribution in [2.45, 2.75) is 18.5 Å². The Hall–Kier alpha value is -2.77. The molecule has 0 radical (unpaired) electrons. The number of hydrogen-bond donors (Lipinski definition) is 4. The van der Waals surface area contributed by atoms with Crippen LogP contribution in [0, 0.1) is 0 Å². The zero-order chi connectivity index (χ0) is 15.4. The first-order chi connectivity index (χ1) is 9.97. The van der Waals surface area contributed by atoms with Crippen molar-refractivity contribution in [2.24, 2.45) is 5.73 Å². The van der Waals surface area contributed by atoms with Gasteiger partial charge in [-0.05, 0) is 6.07 Å². The van der Waals surface area contributed by atoms with Crippen LogP contribution in [0.1, 0.15) is 18.0 Å². The molecule has 2 rings (SSSR count). The standard InChI is InChI=1S/C13H15N3O5/c14-11(17)5-8(12(18)19)15-13(20)16-9-6-21-10-4-2-1-3-7(9)10/h1-4,8-9H,5-6H2,(H2,14,17)(H,18,19)(H2,15,16,20). The molecule has 2 unspecified atom stereocenters. The number of hydrogen-bond acceptors (Lipinski definition) is 4. The van der Waals surface area contributed by atoms with Gasteiger partial charge in [-0.15, -0.1) is 0 Å². The van der Waals surface area contributed by atoms with Gasteiger partial charge in [0.25, 0.3) is 0 Å². The van der Waals surface area contributed by atoms with Gasteiger partial charge >= 0.3 is 12.0 Å². The fourth-order valence-electron chi connectivity index (χ4n) is 2.04. The molecule has 8 heteroatoms. The molecule has 2 atom stereocenters. The molecule has 1 aliphatic rings. The second-order valence-corrected chi connectivity index (χ2v) is 4.58. The minimum atomic E-state index is -1.36. The normalized spacial score (nSPS) is 17.2. The topological polar surface area (TPSA) is 131 Å². The maximum atomic E-state index is 11.8. The smallest absolute Gasteiger partial charge is 0.326 e. The number of benzene rings is 1. The molecule has 1 aliphatic heterocycles. The monoisotopic (exact) mass is 293 g/mol. The zero-order valence-electron chi connectivity index (χ0n) is 11.0. The van der Waals surface area contributed by atoms with Gasteiger partial charge < -0.3 is 26.2 Å². The first kappa shape index (κ1) is 14.6. The first-order valence-electron chi connectivity index (χ1n) is 6.27. The Labute approximate surface area is 120 Å². The maximum absolute atomic E-state index is 11.8. The number of urea groups is 1. The number of fused-ring (bicyclic) bond motifs is 1. The summed E-state index contributed by atoms with van der Waals surface area (Å²) in [5.41, 5.74) is 5.75. The van der Waals surface area contributed by atoms with Crippen molar-refractivity contribution in [3.05, 3.63) is 29.8 Å². The number of rotatable bonds is 5. The average molecular weight is 293 g/mol. The highest BCUT2D eigenvalue weighted by atomic mass is 16.5. The quantitative estimate of drug-likeness (QED) is 0.594. The van der Waals surface area contributed by atoms with Gasteiger partial charge in [-0.25, -0.2) is 9.59 Å². The van der Waals surface area contributed by atoms with Crippen LogP contribution in [0.25, 0.3) is 0 Å². The van der Waals surface area contributed by atoms with E-state index in [4.69, 9.17) is 15.6 Å². The van der Waals surface area contributed by atoms with E-state index in [9.17, 15) is 14.4 Å². The molecule has 0 fully saturated rings. The second kappa shape index (κ2) is 6.12. The first-order valence-corrected chi connectivity index (χ1v) is 6.27. The average Bonchev–Trinajstić information content (AvgIpc) is 2.81. The molecule has 5 N–H and O–H groups in total. The number of para-hydroxylation sites is 1. The second-order valence-electron chi connectivity index (χ2n) is 4.58. The molecule has 112 valence electrons. The van der Waals surface area contributed by atoms with Crippen molar-refractivity contribution in [1.82, 2.24) is 10.6 Å². The van der Waals surface area contributed by atoms with Gasteiger partial charge in [-0.2, -0.15) is 0 Å². The lowest BCUT2D eigenvalue weighted by atomic mass is 10.1. The van der Waals surface area contributed by atoms with Crippen LogP contribution in [0.15, 0.2) is 24.3 Å². The molecule has 0 aliphatic carbocycles. The molecule has 1 aromatic rings. The number of primary amides is 1. The molecule has 1 heterocycles. The van der Waals surface area contributed by atoms with E-state index in [0.717, 1.165) is 5.56 Å². The number of nitrogens with two attached hydrogens (primary N) is 1. The van der Waals surface area contributed by atoms with Gasteiger partial charge in [-0.3, -0.25) is 4.79 Å². The van der Waals surface area contributed by atoms with Gasteiger partial charge in [0.1, 0.15) is 18.4 Å². The van der Waals surface area contributed by atoms with Crippen LogP contribution in [0.5, 0.6) is 5.75 Å². The molecule has 0 aromatic heterocycles. The minimum absolute atomic E-state index is 0.264. The lowest BCUT2D eigenvalue weighted by Crippen LogP contribution is -2.48. The van der Waals surface area contributed by atoms with E-state index in [0.29, 0.717) is 5.75 Å². The third-order valence-electron chi connectivity index (χ3n) is 3.01. The van der Waals surface area contributed by atoms with E-state index in [1.54, 1.807) is 6.07 Å². The number of carboxylic acid groups (broad SMARTS) is 1. The van der Waals surface area contributed by atoms with Crippen molar-refractivity contribution < 1.29 is 24.2 Å². The Balaban J connectivity index is 1.96. The highest BCUT2D eigenvalue weighted by Gasteiger charge is 2.27. The molecule has 0 bridgehead atoms. The van der Waals surface area contributed by atoms with Gasteiger partial charge in [0, 0.05) is 5.56 Å². The lowest BCUT2D eigenvalue weighted by molar-refractivity contribution is -0.140. The fourth-order valence-corrected chi connectivity index (χ4v) is 2.04. The van der Waals surface area contributed by atoms with Gasteiger partial charge in [0.2, 0.25) is 5.91 Å². The Morgan fingerprint density at radius 3 is 2.76 bits per heavy atom. The summed E-state index contributed by atoms with van der Waals surface area (Å²) in [5.74, 6) is -1.46. The summed E-state index contributed by atoms with van der Waals surface area (Å²) in [7, 11) is 0. The van der Waals surface area contributed by atoms with Crippen LogP contribution in [0.2, 0.25) is 0 Å². The van der Waals surface area contributed by atoms with Crippen molar-refractivity contribution in [3.63, 3.8) is 0 Å². The van der Waals surface area contributed by atoms with E-state index in [1.807, 2.05) is 18.2 Å². The van der Waals surface area contributed by atoms with Gasteiger partial charge in [-0.1, -0.05) is 18.2 Å². The van der Waals surface area contributed by atoms with Crippen molar-refractivity contribution >= 4 is 17.9 Å². The van der Waals surface area contributed by atoms with Crippen molar-refractivity contribution in [1.29, 1.82) is 0 Å². The molecule has 0 spiro atoms. The molecular formula is C13H15N3O5. The number of carbonyl (C=O) groups excluding carboxylic acids is 2. The maximum Gasteiger partial charge on any atom is 0.326 e. The lowest BCUT2D eigenvalue weighted by Gasteiger charge is -2.16. The Bertz CT molecular complexity index is 575. The summed E-state index contributed by atoms with van der Waals surface area (Å²) in [6.45, 7) is 0.264. The van der Waals surface area contributed by atoms with Gasteiger partial charge in [0.05, 0.1) is 12.5 Å². The Morgan fingerprint density at radius 1 is 1.38 bits per heavy atom. The van der Waals surface area contributed by atoms with E-state index >= 15 is 0 Å². The molecule has 8 nitrogen and oxygen atoms in total. The third-order valence-corrected chi connectivity index (χ3v) is 3.01. The molecule has 1 aromatic carbocycles. The number of nitrogens with one attached hydrogen (secondary N) is 2. The Kier molecular flexibility index (Phi) is 4.27. The number of amides is 3. The predicted molar refractivity (Wildman–Crippen MR) is 71.6 cm³/mol. The molecule has 21 heavy (non-hydrogen) atoms. The SMILES string of the molecule is NC(=O)CC(NC(=O)NC1COc2ccccc21)C(=O)O. The van der Waals surface area contributed by atoms with Crippen LogP contribution in [-0.2, 0) is 9.59 Å². The van der Waals surface area contributed by atoms with Crippen molar-refractivity contribution in [2.75, 3.05) is 6.61 Å². The predicted octanol–water partition coefficient (Wildman–Crippen LogP) is -0.252. The molecule has 0 saturated carbocycles.